The predicted octanol–water partition coefficient (Wildman–Crippen LogP) is 2.99. The second-order valence-electron chi connectivity index (χ2n) is 5.85. The third-order valence-corrected chi connectivity index (χ3v) is 5.03. The highest BCUT2D eigenvalue weighted by molar-refractivity contribution is 7.10. The zero-order valence-electron chi connectivity index (χ0n) is 14.2. The molecule has 0 spiro atoms. The van der Waals surface area contributed by atoms with Gasteiger partial charge in [-0.05, 0) is 48.2 Å². The van der Waals surface area contributed by atoms with Crippen LogP contribution in [0.3, 0.4) is 0 Å². The van der Waals surface area contributed by atoms with Gasteiger partial charge in [-0.25, -0.2) is 0 Å². The van der Waals surface area contributed by atoms with E-state index in [-0.39, 0.29) is 17.0 Å². The van der Waals surface area contributed by atoms with Crippen LogP contribution in [0, 0.1) is 6.92 Å². The molecule has 3 rings (SSSR count). The molecule has 0 atom stereocenters. The number of rotatable bonds is 5. The van der Waals surface area contributed by atoms with Crippen molar-refractivity contribution in [2.45, 2.75) is 20.0 Å². The lowest BCUT2D eigenvalue weighted by Gasteiger charge is -2.22. The van der Waals surface area contributed by atoms with Crippen LogP contribution in [0.15, 0.2) is 59.0 Å². The van der Waals surface area contributed by atoms with E-state index in [0.717, 1.165) is 16.1 Å². The fraction of sp³-hybridized carbons (Fsp3) is 0.211. The van der Waals surface area contributed by atoms with Crippen LogP contribution in [0.5, 0.6) is 0 Å². The first-order chi connectivity index (χ1) is 12.1. The zero-order valence-corrected chi connectivity index (χ0v) is 15.0. The standard InChI is InChI=1S/C19H19N3O2S/c1-14-8-11-25-17(14)13-22(12-15-6-3-4-9-20-15)19(24)16-7-5-10-21(2)18(16)23/h3-11H,12-13H2,1-2H3. The fourth-order valence-electron chi connectivity index (χ4n) is 2.56. The molecule has 128 valence electrons. The van der Waals surface area contributed by atoms with Crippen molar-refractivity contribution in [3.8, 4) is 0 Å². The van der Waals surface area contributed by atoms with E-state index in [9.17, 15) is 9.59 Å². The number of carbonyl (C=O) groups is 1. The molecular formula is C19H19N3O2S. The molecule has 3 aromatic rings. The van der Waals surface area contributed by atoms with Crippen molar-refractivity contribution < 1.29 is 4.79 Å². The Kier molecular flexibility index (Phi) is 5.09. The van der Waals surface area contributed by atoms with E-state index >= 15 is 0 Å². The first kappa shape index (κ1) is 17.1. The minimum absolute atomic E-state index is 0.176. The first-order valence-electron chi connectivity index (χ1n) is 7.94. The van der Waals surface area contributed by atoms with Crippen LogP contribution in [0.4, 0.5) is 0 Å². The zero-order chi connectivity index (χ0) is 17.8. The van der Waals surface area contributed by atoms with Gasteiger partial charge in [0.05, 0.1) is 18.8 Å². The third-order valence-electron chi connectivity index (χ3n) is 4.02. The number of thiophene rings is 1. The lowest BCUT2D eigenvalue weighted by molar-refractivity contribution is 0.0727. The summed E-state index contributed by atoms with van der Waals surface area (Å²) < 4.78 is 1.42. The summed E-state index contributed by atoms with van der Waals surface area (Å²) in [4.78, 5) is 32.5. The van der Waals surface area contributed by atoms with Crippen molar-refractivity contribution >= 4 is 17.2 Å². The summed E-state index contributed by atoms with van der Waals surface area (Å²) in [6, 6.07) is 10.9. The van der Waals surface area contributed by atoms with Crippen LogP contribution in [0.25, 0.3) is 0 Å². The van der Waals surface area contributed by atoms with Gasteiger partial charge in [0, 0.05) is 24.3 Å². The maximum Gasteiger partial charge on any atom is 0.263 e. The highest BCUT2D eigenvalue weighted by Gasteiger charge is 2.21. The van der Waals surface area contributed by atoms with E-state index in [1.54, 1.807) is 47.8 Å². The molecule has 0 aliphatic heterocycles. The Hall–Kier alpha value is -2.73. The van der Waals surface area contributed by atoms with E-state index in [1.807, 2.05) is 36.6 Å². The molecule has 25 heavy (non-hydrogen) atoms. The molecule has 5 nitrogen and oxygen atoms in total. The molecule has 1 amide bonds. The smallest absolute Gasteiger partial charge is 0.263 e. The normalized spacial score (nSPS) is 10.6. The van der Waals surface area contributed by atoms with E-state index in [1.165, 1.54) is 4.57 Å². The molecule has 0 unspecified atom stereocenters. The minimum atomic E-state index is -0.290. The molecule has 3 aromatic heterocycles. The van der Waals surface area contributed by atoms with Crippen LogP contribution < -0.4 is 5.56 Å². The van der Waals surface area contributed by atoms with Gasteiger partial charge >= 0.3 is 0 Å². The van der Waals surface area contributed by atoms with Crippen molar-refractivity contribution in [3.05, 3.63) is 86.2 Å². The van der Waals surface area contributed by atoms with Crippen LogP contribution >= 0.6 is 11.3 Å². The number of amides is 1. The molecule has 0 radical (unpaired) electrons. The molecule has 0 saturated carbocycles. The average molecular weight is 353 g/mol. The summed E-state index contributed by atoms with van der Waals surface area (Å²) in [5, 5.41) is 2.01. The molecule has 0 N–H and O–H groups in total. The van der Waals surface area contributed by atoms with Crippen LogP contribution in [-0.2, 0) is 20.1 Å². The lowest BCUT2D eigenvalue weighted by Crippen LogP contribution is -2.35. The molecule has 0 aliphatic rings. The van der Waals surface area contributed by atoms with Crippen LogP contribution in [-0.4, -0.2) is 20.4 Å². The molecular weight excluding hydrogens is 334 g/mol. The van der Waals surface area contributed by atoms with Crippen molar-refractivity contribution in [1.29, 1.82) is 0 Å². The van der Waals surface area contributed by atoms with Gasteiger partial charge in [0.15, 0.2) is 0 Å². The van der Waals surface area contributed by atoms with E-state index in [2.05, 4.69) is 4.98 Å². The Balaban J connectivity index is 1.95. The Bertz CT molecular complexity index is 931. The van der Waals surface area contributed by atoms with Crippen LogP contribution in [0.2, 0.25) is 0 Å². The summed E-state index contributed by atoms with van der Waals surface area (Å²) >= 11 is 1.61. The topological polar surface area (TPSA) is 55.2 Å². The minimum Gasteiger partial charge on any atom is -0.327 e. The van der Waals surface area contributed by atoms with E-state index in [4.69, 9.17) is 0 Å². The number of aryl methyl sites for hydroxylation is 2. The summed E-state index contributed by atoms with van der Waals surface area (Å²) in [7, 11) is 1.64. The largest absolute Gasteiger partial charge is 0.327 e. The third kappa shape index (κ3) is 3.85. The molecule has 0 bridgehead atoms. The number of nitrogens with zero attached hydrogens (tertiary/aromatic N) is 3. The van der Waals surface area contributed by atoms with Gasteiger partial charge in [-0.3, -0.25) is 14.6 Å². The summed E-state index contributed by atoms with van der Waals surface area (Å²) in [6.07, 6.45) is 3.35. The number of hydrogen-bond acceptors (Lipinski definition) is 4. The van der Waals surface area contributed by atoms with E-state index < -0.39 is 0 Å². The lowest BCUT2D eigenvalue weighted by atomic mass is 10.2. The molecule has 0 fully saturated rings. The maximum absolute atomic E-state index is 13.0. The number of hydrogen-bond donors (Lipinski definition) is 0. The highest BCUT2D eigenvalue weighted by Crippen LogP contribution is 2.20. The summed E-state index contributed by atoms with van der Waals surface area (Å²) in [6.45, 7) is 2.84. The molecule has 3 heterocycles. The van der Waals surface area contributed by atoms with Crippen molar-refractivity contribution in [3.63, 3.8) is 0 Å². The Morgan fingerprint density at radius 2 is 2.04 bits per heavy atom. The SMILES string of the molecule is Cc1ccsc1CN(Cc1ccccn1)C(=O)c1cccn(C)c1=O. The van der Waals surface area contributed by atoms with Gasteiger partial charge in [0.1, 0.15) is 5.56 Å². The molecule has 6 heteroatoms. The average Bonchev–Trinajstić information content (AvgIpc) is 3.02. The Labute approximate surface area is 150 Å². The molecule has 0 aliphatic carbocycles. The number of aromatic nitrogens is 2. The number of carbonyl (C=O) groups excluding carboxylic acids is 1. The maximum atomic E-state index is 13.0. The van der Waals surface area contributed by atoms with Crippen LogP contribution in [0.1, 0.15) is 26.5 Å². The second kappa shape index (κ2) is 7.44. The van der Waals surface area contributed by atoms with Crippen molar-refractivity contribution in [1.82, 2.24) is 14.5 Å². The molecule has 0 saturated heterocycles. The summed E-state index contributed by atoms with van der Waals surface area (Å²) in [5.74, 6) is -0.278. The van der Waals surface area contributed by atoms with Gasteiger partial charge in [0.25, 0.3) is 11.5 Å². The van der Waals surface area contributed by atoms with Gasteiger partial charge in [-0.15, -0.1) is 11.3 Å². The van der Waals surface area contributed by atoms with Gasteiger partial charge in [0.2, 0.25) is 0 Å². The van der Waals surface area contributed by atoms with Crippen molar-refractivity contribution in [2.24, 2.45) is 7.05 Å². The highest BCUT2D eigenvalue weighted by atomic mass is 32.1. The Morgan fingerprint density at radius 1 is 1.20 bits per heavy atom. The predicted molar refractivity (Wildman–Crippen MR) is 98.6 cm³/mol. The fourth-order valence-corrected chi connectivity index (χ4v) is 3.48. The van der Waals surface area contributed by atoms with Gasteiger partial charge in [-0.2, -0.15) is 0 Å². The van der Waals surface area contributed by atoms with E-state index in [0.29, 0.717) is 13.1 Å². The summed E-state index contributed by atoms with van der Waals surface area (Å²) in [5.41, 5.74) is 1.82. The van der Waals surface area contributed by atoms with Crippen molar-refractivity contribution in [2.75, 3.05) is 0 Å². The second-order valence-corrected chi connectivity index (χ2v) is 6.85. The number of pyridine rings is 2. The molecule has 0 aromatic carbocycles. The first-order valence-corrected chi connectivity index (χ1v) is 8.82. The van der Waals surface area contributed by atoms with Gasteiger partial charge < -0.3 is 9.47 Å². The van der Waals surface area contributed by atoms with Gasteiger partial charge in [-0.1, -0.05) is 6.07 Å². The quantitative estimate of drug-likeness (QED) is 0.708. The Morgan fingerprint density at radius 3 is 2.72 bits per heavy atom. The monoisotopic (exact) mass is 353 g/mol.